The minimum Gasteiger partial charge on any atom is -0.352 e. The van der Waals surface area contributed by atoms with Gasteiger partial charge >= 0.3 is 0 Å². The van der Waals surface area contributed by atoms with Crippen molar-refractivity contribution in [2.24, 2.45) is 23.5 Å². The molecule has 3 N–H and O–H groups in total. The maximum Gasteiger partial charge on any atom is 0.225 e. The Balaban J connectivity index is 0.00000147. The third-order valence-corrected chi connectivity index (χ3v) is 4.87. The molecule has 2 saturated carbocycles. The Kier molecular flexibility index (Phi) is 4.71. The monoisotopic (exact) mass is 294 g/mol. The van der Waals surface area contributed by atoms with Gasteiger partial charge in [0.2, 0.25) is 5.91 Å². The van der Waals surface area contributed by atoms with Crippen LogP contribution in [0.1, 0.15) is 30.4 Å². The van der Waals surface area contributed by atoms with Crippen molar-refractivity contribution in [3.63, 3.8) is 0 Å². The third-order valence-electron chi connectivity index (χ3n) is 4.87. The lowest BCUT2D eigenvalue weighted by Crippen LogP contribution is -2.45. The number of fused-ring (bicyclic) bond motifs is 2. The number of rotatable bonds is 3. The predicted octanol–water partition coefficient (Wildman–Crippen LogP) is 2.41. The molecule has 1 amide bonds. The average molecular weight is 295 g/mol. The number of halogens is 1. The Hall–Kier alpha value is -1.06. The molecule has 2 fully saturated rings. The van der Waals surface area contributed by atoms with Crippen LogP contribution in [-0.4, -0.2) is 11.9 Å². The van der Waals surface area contributed by atoms with E-state index in [0.717, 1.165) is 12.0 Å². The van der Waals surface area contributed by atoms with Crippen molar-refractivity contribution in [3.05, 3.63) is 35.4 Å². The molecule has 0 saturated heterocycles. The van der Waals surface area contributed by atoms with Gasteiger partial charge in [0, 0.05) is 12.6 Å². The molecular formula is C16H23ClN2O. The summed E-state index contributed by atoms with van der Waals surface area (Å²) < 4.78 is 0. The molecule has 0 heterocycles. The topological polar surface area (TPSA) is 55.1 Å². The molecule has 1 aromatic carbocycles. The fourth-order valence-electron chi connectivity index (χ4n) is 3.74. The Morgan fingerprint density at radius 2 is 1.90 bits per heavy atom. The second-order valence-corrected chi connectivity index (χ2v) is 6.14. The molecule has 2 aliphatic carbocycles. The minimum absolute atomic E-state index is 0. The molecule has 0 spiro atoms. The van der Waals surface area contributed by atoms with Crippen LogP contribution in [0.15, 0.2) is 24.3 Å². The average Bonchev–Trinajstić information content (AvgIpc) is 2.98. The highest BCUT2D eigenvalue weighted by molar-refractivity contribution is 5.85. The first kappa shape index (κ1) is 15.3. The molecule has 110 valence electrons. The standard InChI is InChI=1S/C16H22N2O.ClH/c1-10-2-4-11(5-3-10)9-18-16(19)14-12-6-7-13(8-12)15(14)17;/h2-5,12-15H,6-9,17H2,1H3,(H,18,19);1H. The normalized spacial score (nSPS) is 30.9. The van der Waals surface area contributed by atoms with Gasteiger partial charge < -0.3 is 11.1 Å². The molecule has 4 atom stereocenters. The maximum absolute atomic E-state index is 12.3. The number of nitrogens with one attached hydrogen (secondary N) is 1. The zero-order valence-electron chi connectivity index (χ0n) is 11.8. The quantitative estimate of drug-likeness (QED) is 0.899. The number of hydrogen-bond donors (Lipinski definition) is 2. The summed E-state index contributed by atoms with van der Waals surface area (Å²) in [6.07, 6.45) is 3.55. The Morgan fingerprint density at radius 3 is 2.50 bits per heavy atom. The lowest BCUT2D eigenvalue weighted by Gasteiger charge is -2.27. The van der Waals surface area contributed by atoms with Crippen LogP contribution in [0.25, 0.3) is 0 Å². The lowest BCUT2D eigenvalue weighted by atomic mass is 9.84. The highest BCUT2D eigenvalue weighted by Gasteiger charge is 2.48. The van der Waals surface area contributed by atoms with Crippen LogP contribution in [0.4, 0.5) is 0 Å². The van der Waals surface area contributed by atoms with Gasteiger partial charge in [-0.25, -0.2) is 0 Å². The van der Waals surface area contributed by atoms with Crippen molar-refractivity contribution >= 4 is 18.3 Å². The molecule has 3 nitrogen and oxygen atoms in total. The first-order valence-electron chi connectivity index (χ1n) is 7.24. The van der Waals surface area contributed by atoms with E-state index in [9.17, 15) is 4.79 Å². The fraction of sp³-hybridized carbons (Fsp3) is 0.562. The van der Waals surface area contributed by atoms with E-state index in [0.29, 0.717) is 18.4 Å². The predicted molar refractivity (Wildman–Crippen MR) is 82.6 cm³/mol. The van der Waals surface area contributed by atoms with Gasteiger partial charge in [0.1, 0.15) is 0 Å². The second kappa shape index (κ2) is 6.15. The number of carbonyl (C=O) groups is 1. The summed E-state index contributed by atoms with van der Waals surface area (Å²) in [5.74, 6) is 1.31. The molecule has 20 heavy (non-hydrogen) atoms. The van der Waals surface area contributed by atoms with Crippen LogP contribution in [0.5, 0.6) is 0 Å². The van der Waals surface area contributed by atoms with Gasteiger partial charge in [0.05, 0.1) is 5.92 Å². The maximum atomic E-state index is 12.3. The number of benzene rings is 1. The molecule has 0 aliphatic heterocycles. The first-order valence-corrected chi connectivity index (χ1v) is 7.24. The SMILES string of the molecule is Cc1ccc(CNC(=O)C2C3CCC(C3)C2N)cc1.Cl. The van der Waals surface area contributed by atoms with Gasteiger partial charge in [-0.2, -0.15) is 0 Å². The smallest absolute Gasteiger partial charge is 0.225 e. The van der Waals surface area contributed by atoms with Crippen LogP contribution >= 0.6 is 12.4 Å². The van der Waals surface area contributed by atoms with Crippen molar-refractivity contribution in [2.75, 3.05) is 0 Å². The molecule has 2 bridgehead atoms. The molecule has 4 heteroatoms. The Bertz CT molecular complexity index is 472. The minimum atomic E-state index is 0. The summed E-state index contributed by atoms with van der Waals surface area (Å²) in [7, 11) is 0. The zero-order chi connectivity index (χ0) is 13.4. The van der Waals surface area contributed by atoms with E-state index in [4.69, 9.17) is 5.73 Å². The van der Waals surface area contributed by atoms with Crippen LogP contribution in [0.2, 0.25) is 0 Å². The summed E-state index contributed by atoms with van der Waals surface area (Å²) in [6, 6.07) is 8.36. The fourth-order valence-corrected chi connectivity index (χ4v) is 3.74. The van der Waals surface area contributed by atoms with Crippen LogP contribution in [0.3, 0.4) is 0 Å². The highest BCUT2D eigenvalue weighted by atomic mass is 35.5. The van der Waals surface area contributed by atoms with Gasteiger partial charge in [-0.1, -0.05) is 29.8 Å². The highest BCUT2D eigenvalue weighted by Crippen LogP contribution is 2.47. The molecule has 2 aliphatic rings. The number of nitrogens with two attached hydrogens (primary N) is 1. The molecule has 0 radical (unpaired) electrons. The molecule has 4 unspecified atom stereocenters. The largest absolute Gasteiger partial charge is 0.352 e. The summed E-state index contributed by atoms with van der Waals surface area (Å²) in [5.41, 5.74) is 8.58. The summed E-state index contributed by atoms with van der Waals surface area (Å²) in [6.45, 7) is 2.68. The van der Waals surface area contributed by atoms with E-state index < -0.39 is 0 Å². The van der Waals surface area contributed by atoms with E-state index in [1.165, 1.54) is 18.4 Å². The van der Waals surface area contributed by atoms with E-state index in [2.05, 4.69) is 36.5 Å². The summed E-state index contributed by atoms with van der Waals surface area (Å²) in [4.78, 5) is 12.3. The van der Waals surface area contributed by atoms with Crippen molar-refractivity contribution in [1.29, 1.82) is 0 Å². The van der Waals surface area contributed by atoms with Crippen molar-refractivity contribution < 1.29 is 4.79 Å². The number of carbonyl (C=O) groups excluding carboxylic acids is 1. The van der Waals surface area contributed by atoms with E-state index in [-0.39, 0.29) is 30.3 Å². The number of aryl methyl sites for hydroxylation is 1. The van der Waals surface area contributed by atoms with Gasteiger partial charge in [0.15, 0.2) is 0 Å². The number of hydrogen-bond acceptors (Lipinski definition) is 2. The second-order valence-electron chi connectivity index (χ2n) is 6.14. The van der Waals surface area contributed by atoms with Crippen LogP contribution in [-0.2, 0) is 11.3 Å². The molecule has 0 aromatic heterocycles. The van der Waals surface area contributed by atoms with E-state index in [1.807, 2.05) is 0 Å². The zero-order valence-corrected chi connectivity index (χ0v) is 12.7. The molecule has 1 aromatic rings. The van der Waals surface area contributed by atoms with Gasteiger partial charge in [-0.15, -0.1) is 12.4 Å². The first-order chi connectivity index (χ1) is 9.15. The van der Waals surface area contributed by atoms with Crippen LogP contribution < -0.4 is 11.1 Å². The Labute approximate surface area is 126 Å². The van der Waals surface area contributed by atoms with E-state index >= 15 is 0 Å². The van der Waals surface area contributed by atoms with Crippen molar-refractivity contribution in [2.45, 2.75) is 38.8 Å². The van der Waals surface area contributed by atoms with Crippen molar-refractivity contribution in [3.8, 4) is 0 Å². The van der Waals surface area contributed by atoms with E-state index in [1.54, 1.807) is 0 Å². The van der Waals surface area contributed by atoms with Gasteiger partial charge in [0.25, 0.3) is 0 Å². The molecular weight excluding hydrogens is 272 g/mol. The lowest BCUT2D eigenvalue weighted by molar-refractivity contribution is -0.127. The third kappa shape index (κ3) is 2.84. The summed E-state index contributed by atoms with van der Waals surface area (Å²) >= 11 is 0. The molecule has 3 rings (SSSR count). The van der Waals surface area contributed by atoms with Crippen molar-refractivity contribution in [1.82, 2.24) is 5.32 Å². The number of amides is 1. The Morgan fingerprint density at radius 1 is 1.25 bits per heavy atom. The summed E-state index contributed by atoms with van der Waals surface area (Å²) in [5, 5.41) is 3.06. The van der Waals surface area contributed by atoms with Crippen LogP contribution in [0, 0.1) is 24.7 Å². The van der Waals surface area contributed by atoms with Gasteiger partial charge in [-0.05, 0) is 43.6 Å². The van der Waals surface area contributed by atoms with Gasteiger partial charge in [-0.3, -0.25) is 4.79 Å².